The van der Waals surface area contributed by atoms with Crippen LogP contribution in [0.4, 0.5) is 0 Å². The number of phenols is 2. The van der Waals surface area contributed by atoms with Gasteiger partial charge in [0.05, 0.1) is 24.7 Å². The highest BCUT2D eigenvalue weighted by Gasteiger charge is 2.15. The third-order valence-electron chi connectivity index (χ3n) is 4.91. The molecule has 0 aliphatic carbocycles. The van der Waals surface area contributed by atoms with E-state index in [1.165, 1.54) is 18.2 Å². The number of aromatic hydroxyl groups is 2. The molecule has 0 bridgehead atoms. The van der Waals surface area contributed by atoms with Crippen LogP contribution in [0.1, 0.15) is 21.5 Å². The van der Waals surface area contributed by atoms with Crippen molar-refractivity contribution in [2.75, 3.05) is 26.4 Å². The van der Waals surface area contributed by atoms with Gasteiger partial charge in [0.15, 0.2) is 40.8 Å². The summed E-state index contributed by atoms with van der Waals surface area (Å²) in [5.74, 6) is 2.26. The van der Waals surface area contributed by atoms with Crippen LogP contribution in [0.25, 0.3) is 0 Å². The number of carbonyl (C=O) groups excluding carboxylic acids is 1. The van der Waals surface area contributed by atoms with Crippen molar-refractivity contribution in [3.8, 4) is 40.6 Å². The zero-order valence-corrected chi connectivity index (χ0v) is 18.8. The van der Waals surface area contributed by atoms with Crippen molar-refractivity contribution in [3.05, 3.63) is 71.3 Å². The Morgan fingerprint density at radius 1 is 0.800 bits per heavy atom. The van der Waals surface area contributed by atoms with Gasteiger partial charge in [-0.15, -0.1) is 0 Å². The van der Waals surface area contributed by atoms with E-state index in [4.69, 9.17) is 39.5 Å². The average molecular weight is 479 g/mol. The molecule has 9 heteroatoms. The van der Waals surface area contributed by atoms with Gasteiger partial charge in [-0.2, -0.15) is 5.26 Å². The van der Waals surface area contributed by atoms with E-state index in [0.29, 0.717) is 44.9 Å². The molecule has 0 spiro atoms. The van der Waals surface area contributed by atoms with Gasteiger partial charge in [-0.1, -0.05) is 30.3 Å². The topological polar surface area (TPSA) is 138 Å². The fraction of sp³-hybridized carbons (Fsp3) is 0.231. The number of aliphatic hydroxyl groups excluding tert-OH is 1. The Labute approximate surface area is 202 Å². The number of nitrogens with zero attached hydrogens (tertiary/aromatic N) is 1. The highest BCUT2D eigenvalue weighted by Crippen LogP contribution is 2.34. The molecule has 3 N–H and O–H groups in total. The summed E-state index contributed by atoms with van der Waals surface area (Å²) in [5.41, 5.74) is 1.78. The molecule has 0 radical (unpaired) electrons. The second-order valence-electron chi connectivity index (χ2n) is 7.21. The van der Waals surface area contributed by atoms with Crippen LogP contribution >= 0.6 is 0 Å². The molecule has 0 fully saturated rings. The minimum Gasteiger partial charge on any atom is -0.504 e. The molecule has 182 valence electrons. The molecule has 35 heavy (non-hydrogen) atoms. The van der Waals surface area contributed by atoms with E-state index in [9.17, 15) is 4.79 Å². The highest BCUT2D eigenvalue weighted by atomic mass is 16.6. The fourth-order valence-corrected chi connectivity index (χ4v) is 3.26. The Hall–Kier alpha value is -4.42. The first kappa shape index (κ1) is 25.2. The lowest BCUT2D eigenvalue weighted by Crippen LogP contribution is -2.16. The Bertz CT molecular complexity index is 1170. The van der Waals surface area contributed by atoms with E-state index in [-0.39, 0.29) is 23.7 Å². The second-order valence-corrected chi connectivity index (χ2v) is 7.21. The highest BCUT2D eigenvalue weighted by molar-refractivity contribution is 5.80. The lowest BCUT2D eigenvalue weighted by Gasteiger charge is -2.19. The van der Waals surface area contributed by atoms with Crippen molar-refractivity contribution in [3.63, 3.8) is 0 Å². The lowest BCUT2D eigenvalue weighted by molar-refractivity contribution is 0.112. The number of hydrogen-bond acceptors (Lipinski definition) is 9. The number of aldehydes is 1. The number of hydrogen-bond donors (Lipinski definition) is 3. The molecular formula is C26H25NO8. The predicted octanol–water partition coefficient (Wildman–Crippen LogP) is 3.38. The molecule has 0 unspecified atom stereocenters. The minimum absolute atomic E-state index is 0.00741. The van der Waals surface area contributed by atoms with Crippen molar-refractivity contribution in [1.29, 1.82) is 5.26 Å². The molecule has 0 atom stereocenters. The van der Waals surface area contributed by atoms with E-state index < -0.39 is 0 Å². The SMILES string of the molecule is N#CCc1cccc2c1OCCO2.O=Cc1cccc(O)c1O.OCc1cccc2c1OCCO2. The number of fused-ring (bicyclic) bond motifs is 2. The maximum atomic E-state index is 10.1. The molecule has 0 amide bonds. The summed E-state index contributed by atoms with van der Waals surface area (Å²) < 4.78 is 21.5. The van der Waals surface area contributed by atoms with Gasteiger partial charge in [0.2, 0.25) is 0 Å². The number of para-hydroxylation sites is 3. The van der Waals surface area contributed by atoms with Gasteiger partial charge in [-0.3, -0.25) is 4.79 Å². The molecule has 9 nitrogen and oxygen atoms in total. The Kier molecular flexibility index (Phi) is 9.16. The fourth-order valence-electron chi connectivity index (χ4n) is 3.26. The van der Waals surface area contributed by atoms with Gasteiger partial charge in [0.25, 0.3) is 0 Å². The van der Waals surface area contributed by atoms with Crippen molar-refractivity contribution in [2.24, 2.45) is 0 Å². The first-order valence-electron chi connectivity index (χ1n) is 10.8. The van der Waals surface area contributed by atoms with Gasteiger partial charge >= 0.3 is 0 Å². The maximum Gasteiger partial charge on any atom is 0.168 e. The monoisotopic (exact) mass is 479 g/mol. The summed E-state index contributed by atoms with van der Waals surface area (Å²) >= 11 is 0. The molecule has 2 aliphatic heterocycles. The Morgan fingerprint density at radius 3 is 1.89 bits per heavy atom. The first-order valence-corrected chi connectivity index (χ1v) is 10.8. The number of rotatable bonds is 3. The minimum atomic E-state index is -0.363. The van der Waals surface area contributed by atoms with Gasteiger partial charge in [-0.25, -0.2) is 0 Å². The molecule has 3 aromatic carbocycles. The number of carbonyl (C=O) groups is 1. The van der Waals surface area contributed by atoms with E-state index >= 15 is 0 Å². The Morgan fingerprint density at radius 2 is 1.34 bits per heavy atom. The number of aliphatic hydroxyl groups is 1. The zero-order chi connectivity index (χ0) is 25.0. The number of phenolic OH excluding ortho intramolecular Hbond substituents is 2. The van der Waals surface area contributed by atoms with Gasteiger partial charge in [0.1, 0.15) is 26.4 Å². The molecule has 0 saturated heterocycles. The van der Waals surface area contributed by atoms with Crippen LogP contribution in [0.3, 0.4) is 0 Å². The standard InChI is InChI=1S/C10H9NO2.C9H10O3.C7H6O3/c11-5-4-8-2-1-3-9-10(8)13-7-6-12-9;10-6-7-2-1-3-8-9(7)12-5-4-11-8;8-4-5-2-1-3-6(9)7(5)10/h1-3H,4,6-7H2;1-3,10H,4-6H2;1-4,9-10H. The second kappa shape index (κ2) is 12.7. The summed E-state index contributed by atoms with van der Waals surface area (Å²) in [6.07, 6.45) is 0.849. The molecular weight excluding hydrogens is 454 g/mol. The summed E-state index contributed by atoms with van der Waals surface area (Å²) in [7, 11) is 0. The Balaban J connectivity index is 0.000000148. The van der Waals surface area contributed by atoms with Crippen LogP contribution in [0.2, 0.25) is 0 Å². The molecule has 2 aliphatic rings. The van der Waals surface area contributed by atoms with Crippen LogP contribution < -0.4 is 18.9 Å². The third kappa shape index (κ3) is 6.56. The molecule has 0 saturated carbocycles. The van der Waals surface area contributed by atoms with Crippen LogP contribution in [-0.2, 0) is 13.0 Å². The summed E-state index contributed by atoms with van der Waals surface area (Å²) in [5, 5.41) is 35.3. The van der Waals surface area contributed by atoms with Crippen molar-refractivity contribution in [1.82, 2.24) is 0 Å². The molecule has 0 aromatic heterocycles. The number of nitriles is 1. The van der Waals surface area contributed by atoms with Crippen molar-refractivity contribution >= 4 is 6.29 Å². The average Bonchev–Trinajstić information content (AvgIpc) is 2.91. The van der Waals surface area contributed by atoms with E-state index in [1.807, 2.05) is 36.4 Å². The summed E-state index contributed by atoms with van der Waals surface area (Å²) in [6, 6.07) is 17.4. The van der Waals surface area contributed by atoms with Crippen molar-refractivity contribution in [2.45, 2.75) is 13.0 Å². The smallest absolute Gasteiger partial charge is 0.168 e. The van der Waals surface area contributed by atoms with Crippen LogP contribution in [0, 0.1) is 11.3 Å². The summed E-state index contributed by atoms with van der Waals surface area (Å²) in [6.45, 7) is 2.29. The zero-order valence-electron chi connectivity index (χ0n) is 18.8. The number of ether oxygens (including phenoxy) is 4. The van der Waals surface area contributed by atoms with E-state index in [2.05, 4.69) is 6.07 Å². The maximum absolute atomic E-state index is 10.1. The van der Waals surface area contributed by atoms with Crippen molar-refractivity contribution < 1.29 is 39.1 Å². The molecule has 3 aromatic rings. The first-order chi connectivity index (χ1) is 17.1. The number of benzene rings is 3. The molecule has 2 heterocycles. The van der Waals surface area contributed by atoms with Crippen LogP contribution in [0.15, 0.2) is 54.6 Å². The summed E-state index contributed by atoms with van der Waals surface area (Å²) in [4.78, 5) is 10.1. The predicted molar refractivity (Wildman–Crippen MR) is 125 cm³/mol. The van der Waals surface area contributed by atoms with E-state index in [0.717, 1.165) is 28.4 Å². The normalized spacial score (nSPS) is 12.6. The molecule has 5 rings (SSSR count). The van der Waals surface area contributed by atoms with Crippen LogP contribution in [0.5, 0.6) is 34.5 Å². The van der Waals surface area contributed by atoms with E-state index in [1.54, 1.807) is 0 Å². The largest absolute Gasteiger partial charge is 0.504 e. The van der Waals surface area contributed by atoms with Gasteiger partial charge in [0, 0.05) is 11.1 Å². The van der Waals surface area contributed by atoms with Crippen LogP contribution in [-0.4, -0.2) is 48.0 Å². The van der Waals surface area contributed by atoms with Gasteiger partial charge in [-0.05, 0) is 24.3 Å². The quantitative estimate of drug-likeness (QED) is 0.381. The van der Waals surface area contributed by atoms with Gasteiger partial charge < -0.3 is 34.3 Å². The third-order valence-corrected chi connectivity index (χ3v) is 4.91. The lowest BCUT2D eigenvalue weighted by atomic mass is 10.1.